The fourth-order valence-corrected chi connectivity index (χ4v) is 2.57. The minimum Gasteiger partial charge on any atom is -0.315 e. The zero-order valence-corrected chi connectivity index (χ0v) is 12.7. The Morgan fingerprint density at radius 1 is 1.28 bits per heavy atom. The summed E-state index contributed by atoms with van der Waals surface area (Å²) in [6.45, 7) is 6.80. The molecule has 0 heterocycles. The lowest BCUT2D eigenvalue weighted by molar-refractivity contribution is 0.116. The Bertz CT molecular complexity index is 373. The third kappa shape index (κ3) is 3.12. The van der Waals surface area contributed by atoms with E-state index >= 15 is 0 Å². The summed E-state index contributed by atoms with van der Waals surface area (Å²) in [5.74, 6) is 0. The molecule has 18 heavy (non-hydrogen) atoms. The Morgan fingerprint density at radius 2 is 1.89 bits per heavy atom. The summed E-state index contributed by atoms with van der Waals surface area (Å²) >= 11 is 0. The maximum atomic E-state index is 3.51. The molecule has 0 aliphatic heterocycles. The van der Waals surface area contributed by atoms with Gasteiger partial charge in [0.05, 0.1) is 0 Å². The Balaban J connectivity index is 2.94. The van der Waals surface area contributed by atoms with Crippen LogP contribution in [0.15, 0.2) is 24.3 Å². The maximum Gasteiger partial charge on any atom is 0.0328 e. The average molecular weight is 248 g/mol. The molecule has 0 radical (unpaired) electrons. The number of likely N-dealkylation sites (N-methyl/N-ethyl adjacent to an activating group) is 2. The Kier molecular flexibility index (Phi) is 5.36. The van der Waals surface area contributed by atoms with E-state index in [0.29, 0.717) is 6.04 Å². The number of hydrogen-bond acceptors (Lipinski definition) is 2. The molecular formula is C16H28N2. The van der Waals surface area contributed by atoms with Gasteiger partial charge in [0.2, 0.25) is 0 Å². The Morgan fingerprint density at radius 3 is 2.33 bits per heavy atom. The molecule has 1 N–H and O–H groups in total. The summed E-state index contributed by atoms with van der Waals surface area (Å²) in [6.07, 6.45) is 2.21. The molecule has 1 aromatic carbocycles. The minimum absolute atomic E-state index is 0.178. The van der Waals surface area contributed by atoms with E-state index < -0.39 is 0 Å². The van der Waals surface area contributed by atoms with Crippen molar-refractivity contribution in [1.82, 2.24) is 10.2 Å². The standard InChI is InChI=1S/C16H28N2/c1-7-16(3,18(5)6)15(17-4)12-14-11-9-8-10-13(14)2/h8-11,15,17H,7,12H2,1-6H3. The van der Waals surface area contributed by atoms with Gasteiger partial charge in [-0.3, -0.25) is 0 Å². The van der Waals surface area contributed by atoms with E-state index in [9.17, 15) is 0 Å². The summed E-state index contributed by atoms with van der Waals surface area (Å²) in [5.41, 5.74) is 3.00. The van der Waals surface area contributed by atoms with Crippen molar-refractivity contribution in [1.29, 1.82) is 0 Å². The molecule has 1 rings (SSSR count). The highest BCUT2D eigenvalue weighted by molar-refractivity contribution is 5.27. The Labute approximate surface area is 112 Å². The number of nitrogens with one attached hydrogen (secondary N) is 1. The second-order valence-corrected chi connectivity index (χ2v) is 5.58. The van der Waals surface area contributed by atoms with Crippen LogP contribution in [-0.4, -0.2) is 37.6 Å². The van der Waals surface area contributed by atoms with E-state index in [1.54, 1.807) is 0 Å². The average Bonchev–Trinajstić information content (AvgIpc) is 2.36. The van der Waals surface area contributed by atoms with E-state index in [2.05, 4.69) is 76.4 Å². The molecule has 2 atom stereocenters. The second-order valence-electron chi connectivity index (χ2n) is 5.58. The van der Waals surface area contributed by atoms with Gasteiger partial charge < -0.3 is 10.2 Å². The first-order valence-corrected chi connectivity index (χ1v) is 6.85. The van der Waals surface area contributed by atoms with Crippen molar-refractivity contribution in [3.05, 3.63) is 35.4 Å². The van der Waals surface area contributed by atoms with Crippen LogP contribution < -0.4 is 5.32 Å². The van der Waals surface area contributed by atoms with Gasteiger partial charge in [-0.25, -0.2) is 0 Å². The molecular weight excluding hydrogens is 220 g/mol. The first-order valence-electron chi connectivity index (χ1n) is 6.85. The van der Waals surface area contributed by atoms with Gasteiger partial charge in [-0.05, 0) is 59.0 Å². The molecule has 0 aromatic heterocycles. The van der Waals surface area contributed by atoms with Crippen LogP contribution in [0.3, 0.4) is 0 Å². The van der Waals surface area contributed by atoms with Crippen molar-refractivity contribution in [2.75, 3.05) is 21.1 Å². The zero-order chi connectivity index (χ0) is 13.8. The van der Waals surface area contributed by atoms with Crippen molar-refractivity contribution < 1.29 is 0 Å². The van der Waals surface area contributed by atoms with E-state index in [0.717, 1.165) is 12.8 Å². The van der Waals surface area contributed by atoms with Gasteiger partial charge in [-0.1, -0.05) is 31.2 Å². The molecule has 0 spiro atoms. The summed E-state index contributed by atoms with van der Waals surface area (Å²) in [6, 6.07) is 9.14. The van der Waals surface area contributed by atoms with Crippen LogP contribution >= 0.6 is 0 Å². The highest BCUT2D eigenvalue weighted by Crippen LogP contribution is 2.24. The monoisotopic (exact) mass is 248 g/mol. The van der Waals surface area contributed by atoms with Crippen LogP contribution in [0.1, 0.15) is 31.4 Å². The van der Waals surface area contributed by atoms with E-state index in [4.69, 9.17) is 0 Å². The first kappa shape index (κ1) is 15.2. The molecule has 0 bridgehead atoms. The predicted octanol–water partition coefficient (Wildman–Crippen LogP) is 2.86. The maximum absolute atomic E-state index is 3.51. The van der Waals surface area contributed by atoms with Crippen LogP contribution in [0.2, 0.25) is 0 Å². The summed E-state index contributed by atoms with van der Waals surface area (Å²) in [7, 11) is 6.41. The van der Waals surface area contributed by atoms with E-state index in [1.165, 1.54) is 11.1 Å². The number of benzene rings is 1. The quantitative estimate of drug-likeness (QED) is 0.833. The van der Waals surface area contributed by atoms with Crippen molar-refractivity contribution in [2.24, 2.45) is 0 Å². The van der Waals surface area contributed by atoms with Crippen molar-refractivity contribution >= 4 is 0 Å². The molecule has 102 valence electrons. The smallest absolute Gasteiger partial charge is 0.0328 e. The molecule has 2 nitrogen and oxygen atoms in total. The lowest BCUT2D eigenvalue weighted by Gasteiger charge is -2.43. The zero-order valence-electron chi connectivity index (χ0n) is 12.7. The van der Waals surface area contributed by atoms with E-state index in [-0.39, 0.29) is 5.54 Å². The molecule has 0 aliphatic rings. The Hall–Kier alpha value is -0.860. The van der Waals surface area contributed by atoms with Gasteiger partial charge in [0.1, 0.15) is 0 Å². The molecule has 0 amide bonds. The fourth-order valence-electron chi connectivity index (χ4n) is 2.57. The van der Waals surface area contributed by atoms with Gasteiger partial charge in [0, 0.05) is 11.6 Å². The third-order valence-electron chi connectivity index (χ3n) is 4.52. The fraction of sp³-hybridized carbons (Fsp3) is 0.625. The van der Waals surface area contributed by atoms with Gasteiger partial charge in [0.25, 0.3) is 0 Å². The molecule has 0 saturated carbocycles. The van der Waals surface area contributed by atoms with Crippen molar-refractivity contribution in [2.45, 2.75) is 45.2 Å². The molecule has 1 aromatic rings. The molecule has 0 fully saturated rings. The molecule has 2 unspecified atom stereocenters. The van der Waals surface area contributed by atoms with Gasteiger partial charge >= 0.3 is 0 Å². The summed E-state index contributed by atoms with van der Waals surface area (Å²) < 4.78 is 0. The van der Waals surface area contributed by atoms with Crippen molar-refractivity contribution in [3.8, 4) is 0 Å². The number of rotatable bonds is 6. The van der Waals surface area contributed by atoms with Gasteiger partial charge in [-0.15, -0.1) is 0 Å². The topological polar surface area (TPSA) is 15.3 Å². The normalized spacial score (nSPS) is 16.6. The second kappa shape index (κ2) is 6.35. The highest BCUT2D eigenvalue weighted by atomic mass is 15.2. The summed E-state index contributed by atoms with van der Waals surface area (Å²) in [5, 5.41) is 3.51. The lowest BCUT2D eigenvalue weighted by atomic mass is 9.83. The highest BCUT2D eigenvalue weighted by Gasteiger charge is 2.33. The predicted molar refractivity (Wildman–Crippen MR) is 80.1 cm³/mol. The van der Waals surface area contributed by atoms with Gasteiger partial charge in [-0.2, -0.15) is 0 Å². The molecule has 0 aliphatic carbocycles. The third-order valence-corrected chi connectivity index (χ3v) is 4.52. The molecule has 0 saturated heterocycles. The number of hydrogen-bond donors (Lipinski definition) is 1. The van der Waals surface area contributed by atoms with Crippen LogP contribution in [0.4, 0.5) is 0 Å². The lowest BCUT2D eigenvalue weighted by Crippen LogP contribution is -2.57. The first-order chi connectivity index (χ1) is 8.45. The van der Waals surface area contributed by atoms with Crippen LogP contribution in [0.5, 0.6) is 0 Å². The van der Waals surface area contributed by atoms with Crippen LogP contribution in [0, 0.1) is 6.92 Å². The van der Waals surface area contributed by atoms with Crippen LogP contribution in [-0.2, 0) is 6.42 Å². The number of nitrogens with zero attached hydrogens (tertiary/aromatic N) is 1. The van der Waals surface area contributed by atoms with E-state index in [1.807, 2.05) is 0 Å². The number of aryl methyl sites for hydroxylation is 1. The molecule has 2 heteroatoms. The minimum atomic E-state index is 0.178. The van der Waals surface area contributed by atoms with Crippen molar-refractivity contribution in [3.63, 3.8) is 0 Å². The van der Waals surface area contributed by atoms with Crippen LogP contribution in [0.25, 0.3) is 0 Å². The SMILES string of the molecule is CCC(C)(C(Cc1ccccc1C)NC)N(C)C. The summed E-state index contributed by atoms with van der Waals surface area (Å²) in [4.78, 5) is 2.34. The van der Waals surface area contributed by atoms with Gasteiger partial charge in [0.15, 0.2) is 0 Å². The largest absolute Gasteiger partial charge is 0.315 e.